The lowest BCUT2D eigenvalue weighted by atomic mass is 10.0. The highest BCUT2D eigenvalue weighted by Gasteiger charge is 2.14. The summed E-state index contributed by atoms with van der Waals surface area (Å²) in [6.07, 6.45) is 3.37. The number of halogens is 3. The van der Waals surface area contributed by atoms with Gasteiger partial charge in [0.15, 0.2) is 0 Å². The van der Waals surface area contributed by atoms with Gasteiger partial charge in [-0.25, -0.2) is 14.4 Å². The van der Waals surface area contributed by atoms with E-state index in [1.807, 2.05) is 12.1 Å². The molecule has 0 aliphatic rings. The summed E-state index contributed by atoms with van der Waals surface area (Å²) in [5.41, 5.74) is 4.17. The van der Waals surface area contributed by atoms with Crippen LogP contribution in [-0.2, 0) is 0 Å². The summed E-state index contributed by atoms with van der Waals surface area (Å²) < 4.78 is 13.3. The van der Waals surface area contributed by atoms with Crippen LogP contribution in [0.15, 0.2) is 60.9 Å². The van der Waals surface area contributed by atoms with Gasteiger partial charge in [-0.05, 0) is 48.5 Å². The number of hydrogen-bond donors (Lipinski definition) is 0. The number of fused-ring (bicyclic) bond motifs is 1. The standard InChI is InChI=1S/C19H10Cl2FN3/c20-14-9-16-17(10-15(14)21)25-19(12-5-7-23-8-6-12)18(24-16)11-1-3-13(22)4-2-11/h1-10H. The third-order valence-electron chi connectivity index (χ3n) is 3.78. The van der Waals surface area contributed by atoms with Gasteiger partial charge in [-0.15, -0.1) is 0 Å². The summed E-state index contributed by atoms with van der Waals surface area (Å²) in [6, 6.07) is 13.2. The summed E-state index contributed by atoms with van der Waals surface area (Å²) in [5.74, 6) is -0.308. The van der Waals surface area contributed by atoms with Crippen LogP contribution in [0.4, 0.5) is 4.39 Å². The van der Waals surface area contributed by atoms with Crippen molar-refractivity contribution in [3.05, 3.63) is 76.8 Å². The summed E-state index contributed by atoms with van der Waals surface area (Å²) >= 11 is 12.2. The zero-order chi connectivity index (χ0) is 17.4. The molecule has 0 amide bonds. The van der Waals surface area contributed by atoms with Gasteiger partial charge in [0.25, 0.3) is 0 Å². The van der Waals surface area contributed by atoms with Gasteiger partial charge >= 0.3 is 0 Å². The van der Waals surface area contributed by atoms with E-state index in [0.29, 0.717) is 32.5 Å². The second-order valence-electron chi connectivity index (χ2n) is 5.42. The Morgan fingerprint density at radius 3 is 1.68 bits per heavy atom. The maximum Gasteiger partial charge on any atom is 0.123 e. The summed E-state index contributed by atoms with van der Waals surface area (Å²) in [6.45, 7) is 0. The Labute approximate surface area is 153 Å². The lowest BCUT2D eigenvalue weighted by Crippen LogP contribution is -1.96. The molecule has 122 valence electrons. The van der Waals surface area contributed by atoms with E-state index in [-0.39, 0.29) is 5.82 Å². The Morgan fingerprint density at radius 1 is 0.680 bits per heavy atom. The minimum atomic E-state index is -0.308. The van der Waals surface area contributed by atoms with Crippen molar-refractivity contribution in [3.63, 3.8) is 0 Å². The van der Waals surface area contributed by atoms with E-state index >= 15 is 0 Å². The highest BCUT2D eigenvalue weighted by Crippen LogP contribution is 2.33. The Bertz CT molecular complexity index is 1070. The molecule has 0 fully saturated rings. The van der Waals surface area contributed by atoms with Crippen LogP contribution < -0.4 is 0 Å². The molecule has 25 heavy (non-hydrogen) atoms. The molecular formula is C19H10Cl2FN3. The van der Waals surface area contributed by atoms with Gasteiger partial charge < -0.3 is 0 Å². The fraction of sp³-hybridized carbons (Fsp3) is 0. The molecule has 0 unspecified atom stereocenters. The number of rotatable bonds is 2. The molecule has 6 heteroatoms. The monoisotopic (exact) mass is 369 g/mol. The van der Waals surface area contributed by atoms with Crippen molar-refractivity contribution in [2.45, 2.75) is 0 Å². The summed E-state index contributed by atoms with van der Waals surface area (Å²) in [5, 5.41) is 0.823. The zero-order valence-corrected chi connectivity index (χ0v) is 14.3. The lowest BCUT2D eigenvalue weighted by molar-refractivity contribution is 0.628. The average molecular weight is 370 g/mol. The Kier molecular flexibility index (Phi) is 4.07. The first-order chi connectivity index (χ1) is 12.1. The first kappa shape index (κ1) is 15.9. The van der Waals surface area contributed by atoms with Crippen LogP contribution in [-0.4, -0.2) is 15.0 Å². The van der Waals surface area contributed by atoms with E-state index in [1.54, 1.807) is 36.7 Å². The first-order valence-corrected chi connectivity index (χ1v) is 8.20. The smallest absolute Gasteiger partial charge is 0.123 e. The molecule has 3 nitrogen and oxygen atoms in total. The van der Waals surface area contributed by atoms with Gasteiger partial charge in [0, 0.05) is 23.5 Å². The topological polar surface area (TPSA) is 38.7 Å². The molecule has 4 rings (SSSR count). The molecule has 0 aliphatic heterocycles. The van der Waals surface area contributed by atoms with Crippen LogP contribution in [0.2, 0.25) is 10.0 Å². The van der Waals surface area contributed by atoms with Gasteiger partial charge in [0.2, 0.25) is 0 Å². The van der Waals surface area contributed by atoms with Crippen molar-refractivity contribution in [1.29, 1.82) is 0 Å². The zero-order valence-electron chi connectivity index (χ0n) is 12.7. The van der Waals surface area contributed by atoms with Gasteiger partial charge in [-0.1, -0.05) is 23.2 Å². The molecule has 0 aliphatic carbocycles. The molecule has 0 saturated carbocycles. The number of pyridine rings is 1. The Balaban J connectivity index is 2.04. The summed E-state index contributed by atoms with van der Waals surface area (Å²) in [7, 11) is 0. The quantitative estimate of drug-likeness (QED) is 0.447. The van der Waals surface area contributed by atoms with Crippen molar-refractivity contribution in [1.82, 2.24) is 15.0 Å². The van der Waals surface area contributed by atoms with Crippen molar-refractivity contribution < 1.29 is 4.39 Å². The molecule has 2 heterocycles. The average Bonchev–Trinajstić information content (AvgIpc) is 2.63. The first-order valence-electron chi connectivity index (χ1n) is 7.45. The lowest BCUT2D eigenvalue weighted by Gasteiger charge is -2.11. The number of nitrogens with zero attached hydrogens (tertiary/aromatic N) is 3. The Hall–Kier alpha value is -2.56. The van der Waals surface area contributed by atoms with Crippen molar-refractivity contribution in [2.75, 3.05) is 0 Å². The highest BCUT2D eigenvalue weighted by molar-refractivity contribution is 6.42. The fourth-order valence-corrected chi connectivity index (χ4v) is 2.89. The molecule has 0 bridgehead atoms. The van der Waals surface area contributed by atoms with Crippen LogP contribution >= 0.6 is 23.2 Å². The third kappa shape index (κ3) is 3.06. The molecular weight excluding hydrogens is 360 g/mol. The molecule has 0 atom stereocenters. The number of hydrogen-bond acceptors (Lipinski definition) is 3. The van der Waals surface area contributed by atoms with Gasteiger partial charge in [0.1, 0.15) is 5.82 Å². The van der Waals surface area contributed by atoms with Crippen LogP contribution in [0.3, 0.4) is 0 Å². The number of benzene rings is 2. The number of aromatic nitrogens is 3. The second-order valence-corrected chi connectivity index (χ2v) is 6.23. The minimum Gasteiger partial charge on any atom is -0.265 e. The van der Waals surface area contributed by atoms with Gasteiger partial charge in [0.05, 0.1) is 32.5 Å². The molecule has 2 aromatic carbocycles. The van der Waals surface area contributed by atoms with E-state index in [1.165, 1.54) is 12.1 Å². The van der Waals surface area contributed by atoms with E-state index < -0.39 is 0 Å². The molecule has 2 aromatic heterocycles. The highest BCUT2D eigenvalue weighted by atomic mass is 35.5. The predicted octanol–water partition coefficient (Wildman–Crippen LogP) is 5.80. The predicted molar refractivity (Wildman–Crippen MR) is 98.2 cm³/mol. The van der Waals surface area contributed by atoms with Gasteiger partial charge in [-0.3, -0.25) is 4.98 Å². The van der Waals surface area contributed by atoms with Crippen LogP contribution in [0.1, 0.15) is 0 Å². The van der Waals surface area contributed by atoms with Crippen LogP contribution in [0.5, 0.6) is 0 Å². The van der Waals surface area contributed by atoms with Crippen LogP contribution in [0, 0.1) is 5.82 Å². The normalized spacial score (nSPS) is 11.0. The minimum absolute atomic E-state index is 0.308. The molecule has 0 spiro atoms. The van der Waals surface area contributed by atoms with Crippen LogP contribution in [0.25, 0.3) is 33.5 Å². The fourth-order valence-electron chi connectivity index (χ4n) is 2.57. The van der Waals surface area contributed by atoms with E-state index in [9.17, 15) is 4.39 Å². The maximum atomic E-state index is 13.3. The van der Waals surface area contributed by atoms with Crippen molar-refractivity contribution in [2.24, 2.45) is 0 Å². The molecule has 4 aromatic rings. The van der Waals surface area contributed by atoms with Crippen molar-refractivity contribution >= 4 is 34.2 Å². The Morgan fingerprint density at radius 2 is 1.16 bits per heavy atom. The molecule has 0 saturated heterocycles. The van der Waals surface area contributed by atoms with Gasteiger partial charge in [-0.2, -0.15) is 0 Å². The molecule has 0 N–H and O–H groups in total. The third-order valence-corrected chi connectivity index (χ3v) is 4.50. The molecule has 0 radical (unpaired) electrons. The second kappa shape index (κ2) is 6.39. The summed E-state index contributed by atoms with van der Waals surface area (Å²) in [4.78, 5) is 13.5. The van der Waals surface area contributed by atoms with E-state index in [2.05, 4.69) is 4.98 Å². The largest absolute Gasteiger partial charge is 0.265 e. The van der Waals surface area contributed by atoms with E-state index in [4.69, 9.17) is 33.2 Å². The van der Waals surface area contributed by atoms with E-state index in [0.717, 1.165) is 11.1 Å². The maximum absolute atomic E-state index is 13.3. The SMILES string of the molecule is Fc1ccc(-c2nc3cc(Cl)c(Cl)cc3nc2-c2ccncc2)cc1. The van der Waals surface area contributed by atoms with Crippen molar-refractivity contribution in [3.8, 4) is 22.5 Å².